The summed E-state index contributed by atoms with van der Waals surface area (Å²) in [6.07, 6.45) is 0. The molecule has 2 heterocycles. The Morgan fingerprint density at radius 1 is 1.11 bits per heavy atom. The zero-order valence-electron chi connectivity index (χ0n) is 20.4. The fraction of sp³-hybridized carbons (Fsp3) is 0.222. The number of nitrogens with zero attached hydrogens (tertiary/aromatic N) is 4. The molecule has 0 spiro atoms. The largest absolute Gasteiger partial charge is 0.489 e. The highest BCUT2D eigenvalue weighted by molar-refractivity contribution is 7.17. The molecule has 4 aromatic rings. The number of aryl methyl sites for hydroxylation is 3. The van der Waals surface area contributed by atoms with Crippen LogP contribution < -0.4 is 15.6 Å². The second-order valence-electron chi connectivity index (χ2n) is 8.33. The summed E-state index contributed by atoms with van der Waals surface area (Å²) in [5.41, 5.74) is 3.77. The number of amides is 1. The van der Waals surface area contributed by atoms with Gasteiger partial charge in [-0.1, -0.05) is 42.5 Å². The predicted octanol–water partition coefficient (Wildman–Crippen LogP) is 4.40. The van der Waals surface area contributed by atoms with Crippen LogP contribution in [0.1, 0.15) is 43.8 Å². The quantitative estimate of drug-likeness (QED) is 0.404. The van der Waals surface area contributed by atoms with Gasteiger partial charge in [-0.15, -0.1) is 11.3 Å². The van der Waals surface area contributed by atoms with Crippen molar-refractivity contribution in [1.82, 2.24) is 20.1 Å². The molecule has 0 bridgehead atoms. The lowest BCUT2D eigenvalue weighted by atomic mass is 10.1. The topological polar surface area (TPSA) is 110 Å². The summed E-state index contributed by atoms with van der Waals surface area (Å²) in [5.74, 6) is 0.241. The van der Waals surface area contributed by atoms with Crippen LogP contribution in [0.3, 0.4) is 0 Å². The molecule has 0 saturated carbocycles. The second-order valence-corrected chi connectivity index (χ2v) is 9.33. The third kappa shape index (κ3) is 5.19. The monoisotopic (exact) mass is 499 g/mol. The van der Waals surface area contributed by atoms with Crippen LogP contribution in [0.5, 0.6) is 5.75 Å². The summed E-state index contributed by atoms with van der Waals surface area (Å²) in [5, 5.41) is 17.1. The minimum Gasteiger partial charge on any atom is -0.489 e. The summed E-state index contributed by atoms with van der Waals surface area (Å²) in [6.45, 7) is 5.78. The van der Waals surface area contributed by atoms with Crippen molar-refractivity contribution in [3.63, 3.8) is 0 Å². The Hall–Kier alpha value is -4.29. The molecule has 0 radical (unpaired) electrons. The molecule has 1 atom stereocenters. The van der Waals surface area contributed by atoms with E-state index in [1.54, 1.807) is 38.2 Å². The number of thiazole rings is 1. The molecule has 1 unspecified atom stereocenters. The van der Waals surface area contributed by atoms with Gasteiger partial charge in [-0.3, -0.25) is 9.59 Å². The number of ether oxygens (including phenoxy) is 1. The second kappa shape index (κ2) is 10.5. The van der Waals surface area contributed by atoms with E-state index in [1.165, 1.54) is 4.68 Å². The van der Waals surface area contributed by atoms with Crippen LogP contribution in [0, 0.1) is 32.1 Å². The summed E-state index contributed by atoms with van der Waals surface area (Å²) < 4.78 is 7.07. The number of rotatable bonds is 7. The van der Waals surface area contributed by atoms with Crippen LogP contribution in [0.25, 0.3) is 10.6 Å². The van der Waals surface area contributed by atoms with Gasteiger partial charge in [0.15, 0.2) is 0 Å². The van der Waals surface area contributed by atoms with Crippen LogP contribution in [0.15, 0.2) is 59.4 Å². The molecule has 8 nitrogen and oxygen atoms in total. The molecule has 36 heavy (non-hydrogen) atoms. The molecular weight excluding hydrogens is 474 g/mol. The Morgan fingerprint density at radius 2 is 1.81 bits per heavy atom. The van der Waals surface area contributed by atoms with Crippen molar-refractivity contribution in [2.75, 3.05) is 0 Å². The highest BCUT2D eigenvalue weighted by atomic mass is 32.1. The van der Waals surface area contributed by atoms with Crippen LogP contribution >= 0.6 is 11.3 Å². The van der Waals surface area contributed by atoms with Crippen molar-refractivity contribution in [3.05, 3.63) is 97.9 Å². The summed E-state index contributed by atoms with van der Waals surface area (Å²) in [4.78, 5) is 30.6. The average molecular weight is 500 g/mol. The van der Waals surface area contributed by atoms with Crippen molar-refractivity contribution in [2.45, 2.75) is 33.4 Å². The predicted molar refractivity (Wildman–Crippen MR) is 138 cm³/mol. The molecule has 0 aliphatic heterocycles. The van der Waals surface area contributed by atoms with Crippen LogP contribution in [-0.2, 0) is 13.7 Å². The first-order valence-electron chi connectivity index (χ1n) is 11.3. The van der Waals surface area contributed by atoms with Crippen LogP contribution in [0.4, 0.5) is 0 Å². The molecule has 2 aromatic heterocycles. The zero-order chi connectivity index (χ0) is 25.8. The Kier molecular flexibility index (Phi) is 7.27. The highest BCUT2D eigenvalue weighted by Crippen LogP contribution is 2.29. The summed E-state index contributed by atoms with van der Waals surface area (Å²) in [6, 6.07) is 18.2. The molecule has 1 amide bonds. The number of hydrogen-bond acceptors (Lipinski definition) is 7. The molecule has 2 aromatic carbocycles. The smallest absolute Gasteiger partial charge is 0.277 e. The highest BCUT2D eigenvalue weighted by Gasteiger charge is 2.23. The Morgan fingerprint density at radius 3 is 2.47 bits per heavy atom. The Labute approximate surface area is 212 Å². The van der Waals surface area contributed by atoms with E-state index in [9.17, 15) is 14.9 Å². The number of carbonyl (C=O) groups is 1. The number of benzene rings is 2. The van der Waals surface area contributed by atoms with E-state index in [0.717, 1.165) is 22.5 Å². The van der Waals surface area contributed by atoms with E-state index >= 15 is 0 Å². The van der Waals surface area contributed by atoms with Crippen molar-refractivity contribution >= 4 is 17.2 Å². The maximum absolute atomic E-state index is 13.1. The van der Waals surface area contributed by atoms with E-state index in [2.05, 4.69) is 21.5 Å². The molecule has 1 N–H and O–H groups in total. The van der Waals surface area contributed by atoms with Crippen molar-refractivity contribution in [2.24, 2.45) is 7.05 Å². The fourth-order valence-electron chi connectivity index (χ4n) is 3.70. The molecule has 0 aliphatic carbocycles. The number of carbonyl (C=O) groups excluding carboxylic acids is 1. The fourth-order valence-corrected chi connectivity index (χ4v) is 4.76. The van der Waals surface area contributed by atoms with Crippen molar-refractivity contribution < 1.29 is 9.53 Å². The van der Waals surface area contributed by atoms with E-state index in [-0.39, 0.29) is 5.56 Å². The maximum Gasteiger partial charge on any atom is 0.277 e. The first kappa shape index (κ1) is 24.8. The van der Waals surface area contributed by atoms with Gasteiger partial charge in [0.1, 0.15) is 28.3 Å². The third-order valence-corrected chi connectivity index (χ3v) is 6.98. The van der Waals surface area contributed by atoms with Gasteiger partial charge in [0, 0.05) is 7.05 Å². The first-order chi connectivity index (χ1) is 17.3. The minimum absolute atomic E-state index is 0.275. The van der Waals surface area contributed by atoms with Gasteiger partial charge in [-0.05, 0) is 49.6 Å². The molecule has 0 aliphatic rings. The number of nitrogens with one attached hydrogen (secondary N) is 1. The number of aromatic nitrogens is 3. The van der Waals surface area contributed by atoms with E-state index in [0.29, 0.717) is 44.8 Å². The molecule has 0 fully saturated rings. The molecule has 9 heteroatoms. The SMILES string of the molecule is Cc1nc(-c2c(C)c(C)nn(C)c2=O)sc1C(=O)NC(C#N)c1ccc(OCc2ccccc2)cc1. The Bertz CT molecular complexity index is 1500. The third-order valence-electron chi connectivity index (χ3n) is 5.81. The minimum atomic E-state index is -0.858. The van der Waals surface area contributed by atoms with Crippen LogP contribution in [0.2, 0.25) is 0 Å². The lowest BCUT2D eigenvalue weighted by Crippen LogP contribution is -2.27. The van der Waals surface area contributed by atoms with E-state index < -0.39 is 11.9 Å². The molecule has 4 rings (SSSR count). The zero-order valence-corrected chi connectivity index (χ0v) is 21.2. The normalized spacial score (nSPS) is 11.5. The van der Waals surface area contributed by atoms with Gasteiger partial charge in [0.05, 0.1) is 23.0 Å². The average Bonchev–Trinajstić information content (AvgIpc) is 3.27. The standard InChI is InChI=1S/C27H25N5O3S/c1-16-17(2)31-32(4)27(34)23(16)26-29-18(3)24(36-26)25(33)30-22(14-28)20-10-12-21(13-11-20)35-15-19-8-6-5-7-9-19/h5-13,22H,15H2,1-4H3,(H,30,33). The van der Waals surface area contributed by atoms with Gasteiger partial charge in [0.2, 0.25) is 0 Å². The van der Waals surface area contributed by atoms with Gasteiger partial charge >= 0.3 is 0 Å². The Balaban J connectivity index is 1.50. The van der Waals surface area contributed by atoms with Gasteiger partial charge in [-0.2, -0.15) is 10.4 Å². The molecule has 182 valence electrons. The van der Waals surface area contributed by atoms with Gasteiger partial charge < -0.3 is 10.1 Å². The number of hydrogen-bond donors (Lipinski definition) is 1. The maximum atomic E-state index is 13.1. The first-order valence-corrected chi connectivity index (χ1v) is 12.1. The summed E-state index contributed by atoms with van der Waals surface area (Å²) in [7, 11) is 1.59. The molecular formula is C27H25N5O3S. The van der Waals surface area contributed by atoms with E-state index in [1.807, 2.05) is 44.2 Å². The van der Waals surface area contributed by atoms with Crippen molar-refractivity contribution in [1.29, 1.82) is 5.26 Å². The summed E-state index contributed by atoms with van der Waals surface area (Å²) >= 11 is 1.13. The van der Waals surface area contributed by atoms with Gasteiger partial charge in [-0.25, -0.2) is 9.67 Å². The van der Waals surface area contributed by atoms with E-state index in [4.69, 9.17) is 4.74 Å². The molecule has 0 saturated heterocycles. The lowest BCUT2D eigenvalue weighted by molar-refractivity contribution is 0.0948. The van der Waals surface area contributed by atoms with Crippen LogP contribution in [-0.4, -0.2) is 20.7 Å². The lowest BCUT2D eigenvalue weighted by Gasteiger charge is -2.13. The number of nitriles is 1. The van der Waals surface area contributed by atoms with Gasteiger partial charge in [0.25, 0.3) is 11.5 Å². The van der Waals surface area contributed by atoms with Crippen molar-refractivity contribution in [3.8, 4) is 22.4 Å².